The van der Waals surface area contributed by atoms with Gasteiger partial charge in [0.1, 0.15) is 0 Å². The predicted molar refractivity (Wildman–Crippen MR) is 81.4 cm³/mol. The molecule has 2 heteroatoms. The van der Waals surface area contributed by atoms with Crippen LogP contribution in [0, 0.1) is 17.8 Å². The smallest absolute Gasteiger partial charge is 0.0468 e. The quantitative estimate of drug-likeness (QED) is 0.813. The Morgan fingerprint density at radius 3 is 2.26 bits per heavy atom. The van der Waals surface area contributed by atoms with Gasteiger partial charge in [-0.25, -0.2) is 0 Å². The molecule has 2 nitrogen and oxygen atoms in total. The molecule has 1 saturated carbocycles. The minimum atomic E-state index is 0.256. The van der Waals surface area contributed by atoms with Gasteiger partial charge < -0.3 is 10.1 Å². The second kappa shape index (κ2) is 7.08. The molecule has 0 aromatic carbocycles. The zero-order valence-electron chi connectivity index (χ0n) is 13.2. The number of rotatable bonds is 5. The lowest BCUT2D eigenvalue weighted by Crippen LogP contribution is -2.41. The molecule has 0 bridgehead atoms. The van der Waals surface area contributed by atoms with Gasteiger partial charge in [-0.2, -0.15) is 0 Å². The van der Waals surface area contributed by atoms with Crippen LogP contribution in [0.4, 0.5) is 0 Å². The first-order valence-electron chi connectivity index (χ1n) is 8.37. The maximum absolute atomic E-state index is 5.51. The van der Waals surface area contributed by atoms with Crippen molar-refractivity contribution in [3.63, 3.8) is 0 Å². The van der Waals surface area contributed by atoms with Gasteiger partial charge in [0.05, 0.1) is 0 Å². The molecule has 1 heterocycles. The van der Waals surface area contributed by atoms with Crippen LogP contribution in [0.3, 0.4) is 0 Å². The fourth-order valence-corrected chi connectivity index (χ4v) is 3.72. The molecule has 0 aromatic rings. The maximum atomic E-state index is 5.51. The molecule has 1 unspecified atom stereocenters. The Morgan fingerprint density at radius 1 is 1.05 bits per heavy atom. The van der Waals surface area contributed by atoms with Crippen LogP contribution in [-0.2, 0) is 4.74 Å². The number of ether oxygens (including phenoxy) is 1. The molecule has 1 atom stereocenters. The molecule has 1 aliphatic carbocycles. The van der Waals surface area contributed by atoms with E-state index < -0.39 is 0 Å². The van der Waals surface area contributed by atoms with Crippen molar-refractivity contribution in [1.82, 2.24) is 5.32 Å². The molecular weight excluding hydrogens is 234 g/mol. The number of nitrogens with one attached hydrogen (secondary N) is 1. The van der Waals surface area contributed by atoms with Gasteiger partial charge in [0.15, 0.2) is 0 Å². The molecule has 0 amide bonds. The van der Waals surface area contributed by atoms with Crippen LogP contribution in [0.2, 0.25) is 0 Å². The minimum Gasteiger partial charge on any atom is -0.381 e. The van der Waals surface area contributed by atoms with Crippen molar-refractivity contribution >= 4 is 0 Å². The normalized spacial score (nSPS) is 24.8. The Kier molecular flexibility index (Phi) is 5.70. The van der Waals surface area contributed by atoms with Gasteiger partial charge in [0, 0.05) is 18.8 Å². The Bertz CT molecular complexity index is 246. The second-order valence-corrected chi connectivity index (χ2v) is 7.73. The highest BCUT2D eigenvalue weighted by atomic mass is 16.5. The van der Waals surface area contributed by atoms with Gasteiger partial charge in [-0.15, -0.1) is 0 Å². The van der Waals surface area contributed by atoms with Crippen LogP contribution in [0.5, 0.6) is 0 Å². The van der Waals surface area contributed by atoms with E-state index in [0.717, 1.165) is 31.0 Å². The summed E-state index contributed by atoms with van der Waals surface area (Å²) in [5.41, 5.74) is 0.256. The van der Waals surface area contributed by atoms with Crippen LogP contribution >= 0.6 is 0 Å². The Hall–Kier alpha value is -0.0800. The summed E-state index contributed by atoms with van der Waals surface area (Å²) >= 11 is 0. The third kappa shape index (κ3) is 5.43. The van der Waals surface area contributed by atoms with Gasteiger partial charge in [0.2, 0.25) is 0 Å². The summed E-state index contributed by atoms with van der Waals surface area (Å²) in [4.78, 5) is 0. The zero-order chi connectivity index (χ0) is 13.7. The average molecular weight is 267 g/mol. The van der Waals surface area contributed by atoms with Gasteiger partial charge >= 0.3 is 0 Å². The standard InChI is InChI=1S/C17H33NO/c1-17(2,3)18-13-16(15-6-4-5-7-15)12-14-8-10-19-11-9-14/h14-16,18H,4-13H2,1-3H3. The van der Waals surface area contributed by atoms with Crippen molar-refractivity contribution in [2.75, 3.05) is 19.8 Å². The number of hydrogen-bond acceptors (Lipinski definition) is 2. The first-order valence-corrected chi connectivity index (χ1v) is 8.37. The van der Waals surface area contributed by atoms with Crippen molar-refractivity contribution in [2.45, 2.75) is 71.3 Å². The summed E-state index contributed by atoms with van der Waals surface area (Å²) in [6.07, 6.45) is 9.88. The summed E-state index contributed by atoms with van der Waals surface area (Å²) in [6, 6.07) is 0. The first kappa shape index (κ1) is 15.3. The van der Waals surface area contributed by atoms with Crippen LogP contribution in [-0.4, -0.2) is 25.3 Å². The molecule has 0 aromatic heterocycles. The molecule has 1 saturated heterocycles. The third-order valence-electron chi connectivity index (χ3n) is 4.94. The Labute approximate surface area is 119 Å². The molecule has 2 fully saturated rings. The van der Waals surface area contributed by atoms with E-state index in [4.69, 9.17) is 4.74 Å². The highest BCUT2D eigenvalue weighted by Gasteiger charge is 2.28. The van der Waals surface area contributed by atoms with Crippen molar-refractivity contribution in [3.05, 3.63) is 0 Å². The maximum Gasteiger partial charge on any atom is 0.0468 e. The van der Waals surface area contributed by atoms with Gasteiger partial charge in [-0.3, -0.25) is 0 Å². The van der Waals surface area contributed by atoms with Gasteiger partial charge in [-0.1, -0.05) is 25.7 Å². The van der Waals surface area contributed by atoms with E-state index in [1.807, 2.05) is 0 Å². The monoisotopic (exact) mass is 267 g/mol. The van der Waals surface area contributed by atoms with Gasteiger partial charge in [0.25, 0.3) is 0 Å². The SMILES string of the molecule is CC(C)(C)NCC(CC1CCOCC1)C1CCCC1. The fraction of sp³-hybridized carbons (Fsp3) is 1.00. The summed E-state index contributed by atoms with van der Waals surface area (Å²) < 4.78 is 5.51. The van der Waals surface area contributed by atoms with Crippen LogP contribution in [0.1, 0.15) is 65.7 Å². The molecular formula is C17H33NO. The number of hydrogen-bond donors (Lipinski definition) is 1. The Morgan fingerprint density at radius 2 is 1.68 bits per heavy atom. The third-order valence-corrected chi connectivity index (χ3v) is 4.94. The summed E-state index contributed by atoms with van der Waals surface area (Å²) in [7, 11) is 0. The molecule has 0 spiro atoms. The minimum absolute atomic E-state index is 0.256. The van der Waals surface area contributed by atoms with E-state index >= 15 is 0 Å². The molecule has 112 valence electrons. The summed E-state index contributed by atoms with van der Waals surface area (Å²) in [6.45, 7) is 10.1. The van der Waals surface area contributed by atoms with Crippen LogP contribution in [0.25, 0.3) is 0 Å². The summed E-state index contributed by atoms with van der Waals surface area (Å²) in [5.74, 6) is 2.80. The van der Waals surface area contributed by atoms with E-state index in [2.05, 4.69) is 26.1 Å². The predicted octanol–water partition coefficient (Wildman–Crippen LogP) is 4.00. The highest BCUT2D eigenvalue weighted by Crippen LogP contribution is 2.36. The van der Waals surface area contributed by atoms with Gasteiger partial charge in [-0.05, 0) is 64.3 Å². The van der Waals surface area contributed by atoms with E-state index in [1.54, 1.807) is 0 Å². The lowest BCUT2D eigenvalue weighted by atomic mass is 9.80. The van der Waals surface area contributed by atoms with Crippen molar-refractivity contribution in [1.29, 1.82) is 0 Å². The van der Waals surface area contributed by atoms with Crippen molar-refractivity contribution in [2.24, 2.45) is 17.8 Å². The molecule has 0 radical (unpaired) electrons. The van der Waals surface area contributed by atoms with Crippen molar-refractivity contribution in [3.8, 4) is 0 Å². The first-order chi connectivity index (χ1) is 9.04. The molecule has 1 N–H and O–H groups in total. The average Bonchev–Trinajstić information content (AvgIpc) is 2.88. The molecule has 1 aliphatic heterocycles. The second-order valence-electron chi connectivity index (χ2n) is 7.73. The summed E-state index contributed by atoms with van der Waals surface area (Å²) in [5, 5.41) is 3.76. The van der Waals surface area contributed by atoms with E-state index in [9.17, 15) is 0 Å². The molecule has 19 heavy (non-hydrogen) atoms. The zero-order valence-corrected chi connectivity index (χ0v) is 13.2. The van der Waals surface area contributed by atoms with Crippen LogP contribution < -0.4 is 5.32 Å². The Balaban J connectivity index is 1.85. The van der Waals surface area contributed by atoms with Crippen LogP contribution in [0.15, 0.2) is 0 Å². The molecule has 2 aliphatic rings. The highest BCUT2D eigenvalue weighted by molar-refractivity contribution is 4.82. The van der Waals surface area contributed by atoms with Crippen molar-refractivity contribution < 1.29 is 4.74 Å². The van der Waals surface area contributed by atoms with E-state index in [1.165, 1.54) is 51.5 Å². The topological polar surface area (TPSA) is 21.3 Å². The fourth-order valence-electron chi connectivity index (χ4n) is 3.72. The van der Waals surface area contributed by atoms with E-state index in [-0.39, 0.29) is 5.54 Å². The lowest BCUT2D eigenvalue weighted by Gasteiger charge is -2.32. The van der Waals surface area contributed by atoms with E-state index in [0.29, 0.717) is 0 Å². The molecule has 2 rings (SSSR count). The largest absolute Gasteiger partial charge is 0.381 e. The lowest BCUT2D eigenvalue weighted by molar-refractivity contribution is 0.0541.